The number of carbonyl (C=O) groups excluding carboxylic acids is 4. The Balaban J connectivity index is 0.00000268. The van der Waals surface area contributed by atoms with Crippen molar-refractivity contribution >= 4 is 153 Å². The van der Waals surface area contributed by atoms with Gasteiger partial charge in [0.15, 0.2) is 0 Å². The van der Waals surface area contributed by atoms with Gasteiger partial charge in [0.05, 0.1) is 56.6 Å². The number of aliphatic hydroxyl groups is 2. The van der Waals surface area contributed by atoms with E-state index < -0.39 is 60.5 Å². The highest BCUT2D eigenvalue weighted by atomic mass is 32.2. The molecule has 0 radical (unpaired) electrons. The minimum absolute atomic E-state index is 0.00756. The van der Waals surface area contributed by atoms with Gasteiger partial charge in [-0.25, -0.2) is 14.5 Å². The minimum Gasteiger partial charge on any atom is -0.395 e. The summed E-state index contributed by atoms with van der Waals surface area (Å²) in [5, 5.41) is 57.0. The molecule has 4 aliphatic heterocycles. The van der Waals surface area contributed by atoms with E-state index >= 15 is 0 Å². The standard InChI is InChI=1S/C65H68N20O9S3.O3S/c1-6-79(7-2)40-23-25-46(75-77-64-70-55(81-27-14-10-15-28-81)50(95-64)37-42(39-66)84-59(90)45-21-18-22-52(97(92,93)94)54(45)60(84)91)48(35-40)68-61-72-62(74-63(73-61)83(31-33-86)32-34-87)69-49-36-41(80(8-3)9-4)24-26-47(49)76-78-65-71-56(82-29-16-11-17-30-82)51(96-65)38-53(67-5)85-57(88)43-19-12-13-20-44(43)58(85)89;1-4(2)3/h12-13,18-26,35-38,86-87H,6-11,14-17,27-34H2,1-4H3,(H,92,93,94)(H2,68,69,72,73,74);/b42-37+,53-38+,77-75?,78-76?;. The highest BCUT2D eigenvalue weighted by Crippen LogP contribution is 2.43. The second-order valence-corrected chi connectivity index (χ2v) is 26.4. The fourth-order valence-electron chi connectivity index (χ4n) is 11.8. The van der Waals surface area contributed by atoms with Crippen LogP contribution in [0, 0.1) is 17.9 Å². The number of aliphatic hydroxyl groups excluding tert-OH is 2. The third kappa shape index (κ3) is 16.6. The maximum absolute atomic E-state index is 13.9. The molecule has 36 heteroatoms. The highest BCUT2D eigenvalue weighted by Gasteiger charge is 2.44. The first-order chi connectivity index (χ1) is 48.7. The van der Waals surface area contributed by atoms with Gasteiger partial charge in [0.1, 0.15) is 39.7 Å². The van der Waals surface area contributed by atoms with Crippen LogP contribution < -0.4 is 35.1 Å². The molecule has 0 saturated carbocycles. The number of fused-ring (bicyclic) bond motifs is 2. The summed E-state index contributed by atoms with van der Waals surface area (Å²) < 4.78 is 60.0. The largest absolute Gasteiger partial charge is 0.425 e. The Hall–Kier alpha value is -10.9. The Labute approximate surface area is 590 Å². The van der Waals surface area contributed by atoms with E-state index in [2.05, 4.69) is 40.4 Å². The quantitative estimate of drug-likeness (QED) is 0.0111. The predicted octanol–water partition coefficient (Wildman–Crippen LogP) is 10.5. The number of rotatable bonds is 26. The molecule has 0 atom stereocenters. The molecule has 32 nitrogen and oxygen atoms in total. The summed E-state index contributed by atoms with van der Waals surface area (Å²) in [5.74, 6) is -2.35. The molecule has 3 aromatic heterocycles. The van der Waals surface area contributed by atoms with Gasteiger partial charge in [0.25, 0.3) is 21.9 Å². The zero-order valence-electron chi connectivity index (χ0n) is 55.1. The molecule has 7 aromatic rings. The van der Waals surface area contributed by atoms with Crippen molar-refractivity contribution in [2.45, 2.75) is 71.1 Å². The van der Waals surface area contributed by atoms with Crippen molar-refractivity contribution in [3.63, 3.8) is 0 Å². The lowest BCUT2D eigenvalue weighted by Crippen LogP contribution is -2.31. The first-order valence-corrected chi connectivity index (χ1v) is 36.2. The topological polar surface area (TPSA) is 403 Å². The predicted molar refractivity (Wildman–Crippen MR) is 379 cm³/mol. The van der Waals surface area contributed by atoms with Crippen molar-refractivity contribution in [2.24, 2.45) is 20.5 Å². The van der Waals surface area contributed by atoms with E-state index in [1.165, 1.54) is 24.3 Å². The molecule has 2 saturated heterocycles. The average Bonchev–Trinajstić information content (AvgIpc) is 1.61. The molecule has 0 spiro atoms. The maximum Gasteiger partial charge on any atom is 0.425 e. The van der Waals surface area contributed by atoms with Gasteiger partial charge >= 0.3 is 22.4 Å². The monoisotopic (exact) mass is 1450 g/mol. The van der Waals surface area contributed by atoms with Gasteiger partial charge in [-0.3, -0.25) is 14.1 Å². The summed E-state index contributed by atoms with van der Waals surface area (Å²) in [6.45, 7) is 20.9. The Morgan fingerprint density at radius 3 is 1.51 bits per heavy atom. The first-order valence-electron chi connectivity index (χ1n) is 32.1. The first kappa shape index (κ1) is 72.9. The van der Waals surface area contributed by atoms with Crippen molar-refractivity contribution in [1.82, 2.24) is 34.7 Å². The van der Waals surface area contributed by atoms with Crippen LogP contribution in [0.2, 0.25) is 0 Å². The zero-order valence-corrected chi connectivity index (χ0v) is 58.4. The number of thiazole rings is 2. The molecular weight excluding hydrogens is 1380 g/mol. The lowest BCUT2D eigenvalue weighted by atomic mass is 10.1. The molecule has 524 valence electrons. The maximum atomic E-state index is 13.9. The zero-order chi connectivity index (χ0) is 72.1. The van der Waals surface area contributed by atoms with Gasteiger partial charge < -0.3 is 50.2 Å². The molecule has 0 unspecified atom stereocenters. The molecule has 101 heavy (non-hydrogen) atoms. The Morgan fingerprint density at radius 2 is 1.08 bits per heavy atom. The second-order valence-electron chi connectivity index (χ2n) is 22.6. The Morgan fingerprint density at radius 1 is 0.624 bits per heavy atom. The van der Waals surface area contributed by atoms with E-state index in [-0.39, 0.29) is 76.9 Å². The number of nitrogens with zero attached hydrogens (tertiary/aromatic N) is 18. The molecular formula is C65H68N20O12S4. The van der Waals surface area contributed by atoms with Crippen molar-refractivity contribution in [2.75, 3.05) is 114 Å². The number of aromatic nitrogens is 5. The van der Waals surface area contributed by atoms with Crippen LogP contribution in [-0.2, 0) is 20.7 Å². The number of imide groups is 2. The number of hydrogen-bond acceptors (Lipinski definition) is 30. The number of benzene rings is 4. The summed E-state index contributed by atoms with van der Waals surface area (Å²) in [6.07, 6.45) is 8.33. The minimum atomic E-state index is -4.94. The van der Waals surface area contributed by atoms with Gasteiger partial charge in [-0.2, -0.15) is 43.5 Å². The fourth-order valence-corrected chi connectivity index (χ4v) is 14.2. The third-order valence-corrected chi connectivity index (χ3v) is 19.2. The van der Waals surface area contributed by atoms with E-state index in [1.807, 2.05) is 62.9 Å². The van der Waals surface area contributed by atoms with Crippen LogP contribution in [0.1, 0.15) is 117 Å². The molecule has 11 rings (SSSR count). The van der Waals surface area contributed by atoms with Crippen molar-refractivity contribution in [1.29, 1.82) is 5.26 Å². The normalized spacial score (nSPS) is 14.8. The lowest BCUT2D eigenvalue weighted by Gasteiger charge is -2.27. The second kappa shape index (κ2) is 32.9. The van der Waals surface area contributed by atoms with E-state index in [4.69, 9.17) is 54.3 Å². The number of hydrogen-bond donors (Lipinski definition) is 5. The fraction of sp³-hybridized carbons (Fsp3) is 0.338. The molecule has 4 amide bonds. The van der Waals surface area contributed by atoms with Crippen molar-refractivity contribution in [3.05, 3.63) is 134 Å². The molecule has 7 heterocycles. The van der Waals surface area contributed by atoms with E-state index in [9.17, 15) is 47.6 Å². The number of amides is 4. The number of nitrogens with one attached hydrogen (secondary N) is 2. The average molecular weight is 1450 g/mol. The van der Waals surface area contributed by atoms with Crippen LogP contribution in [0.5, 0.6) is 0 Å². The number of piperidine rings is 2. The molecule has 0 aliphatic carbocycles. The number of nitriles is 1. The highest BCUT2D eigenvalue weighted by molar-refractivity contribution is 7.86. The lowest BCUT2D eigenvalue weighted by molar-refractivity contribution is 0.0694. The molecule has 5 N–H and O–H groups in total. The van der Waals surface area contributed by atoms with Crippen LogP contribution in [0.4, 0.5) is 73.9 Å². The van der Waals surface area contributed by atoms with Gasteiger partial charge in [0, 0.05) is 76.8 Å². The summed E-state index contributed by atoms with van der Waals surface area (Å²) >= 11 is 2.18. The summed E-state index contributed by atoms with van der Waals surface area (Å²) in [5.41, 5.74) is 2.24. The molecule has 4 aliphatic rings. The van der Waals surface area contributed by atoms with Gasteiger partial charge in [-0.15, -0.1) is 33.1 Å². The smallest absolute Gasteiger partial charge is 0.395 e. The van der Waals surface area contributed by atoms with E-state index in [0.717, 1.165) is 83.5 Å². The number of allylic oxidation sites excluding steroid dienone is 1. The van der Waals surface area contributed by atoms with Crippen molar-refractivity contribution < 1.29 is 55.0 Å². The van der Waals surface area contributed by atoms with Crippen LogP contribution in [0.3, 0.4) is 0 Å². The number of anilines is 9. The van der Waals surface area contributed by atoms with E-state index in [0.29, 0.717) is 101 Å². The van der Waals surface area contributed by atoms with Crippen molar-refractivity contribution in [3.8, 4) is 6.07 Å². The number of carbonyl (C=O) groups is 4. The van der Waals surface area contributed by atoms with Gasteiger partial charge in [-0.05, 0) is 139 Å². The van der Waals surface area contributed by atoms with Crippen LogP contribution in [0.15, 0.2) is 116 Å². The SMILES string of the molecule is O=S(=O)=O.[C-]#[N+]/C(=C\c1sc(N=Nc2ccc(N(CC)CC)cc2Nc2nc(Nc3cc(N(CC)CC)ccc3N=Nc3nc(N4CCCCC4)c(/C=C(\C#N)N4C(=O)c5cccc(S(=O)(=O)O)c5C4=O)s3)nc(N(CCO)CCO)n2)nc1N1CCCCC1)N1C(=O)c2ccccc2C1=O. The molecule has 4 aromatic carbocycles. The summed E-state index contributed by atoms with van der Waals surface area (Å²) in [6, 6.07) is 22.9. The van der Waals surface area contributed by atoms with Gasteiger partial charge in [0.2, 0.25) is 33.9 Å². The Bertz CT molecular complexity index is 4730. The van der Waals surface area contributed by atoms with Gasteiger partial charge in [-0.1, -0.05) is 47.4 Å². The summed E-state index contributed by atoms with van der Waals surface area (Å²) in [7, 11) is -8.05. The van der Waals surface area contributed by atoms with Crippen LogP contribution in [0.25, 0.3) is 17.0 Å². The third-order valence-electron chi connectivity index (χ3n) is 16.6. The van der Waals surface area contributed by atoms with Crippen LogP contribution in [-0.4, -0.2) is 173 Å². The van der Waals surface area contributed by atoms with Crippen LogP contribution >= 0.6 is 22.7 Å². The Kier molecular flexibility index (Phi) is 23.7. The molecule has 2 fully saturated rings. The molecule has 0 bridgehead atoms. The van der Waals surface area contributed by atoms with E-state index in [1.54, 1.807) is 41.3 Å². The summed E-state index contributed by atoms with van der Waals surface area (Å²) in [4.78, 5) is 94.4. The number of azo groups is 2.